The van der Waals surface area contributed by atoms with Crippen LogP contribution in [0.4, 0.5) is 0 Å². The molecule has 2 heterocycles. The number of nitrogens with zero attached hydrogens (tertiary/aromatic N) is 2. The predicted molar refractivity (Wildman–Crippen MR) is 180 cm³/mol. The van der Waals surface area contributed by atoms with E-state index in [2.05, 4.69) is 131 Å². The van der Waals surface area contributed by atoms with Gasteiger partial charge in [0, 0.05) is 12.4 Å². The zero-order valence-electron chi connectivity index (χ0n) is 22.6. The van der Waals surface area contributed by atoms with Crippen molar-refractivity contribution in [3.63, 3.8) is 0 Å². The van der Waals surface area contributed by atoms with E-state index >= 15 is 0 Å². The Labute approximate surface area is 252 Å². The molecule has 8 rings (SSSR count). The van der Waals surface area contributed by atoms with Gasteiger partial charge < -0.3 is 0 Å². The molecule has 2 nitrogen and oxygen atoms in total. The summed E-state index contributed by atoms with van der Waals surface area (Å²) in [6, 6.07) is 44.3. The van der Waals surface area contributed by atoms with Gasteiger partial charge in [-0.25, -0.2) is 0 Å². The van der Waals surface area contributed by atoms with Gasteiger partial charge in [0.05, 0.1) is 20.8 Å². The largest absolute Gasteiger partial charge is 0.252 e. The second kappa shape index (κ2) is 10.5. The van der Waals surface area contributed by atoms with Crippen molar-refractivity contribution in [3.05, 3.63) is 145 Å². The lowest BCUT2D eigenvalue weighted by Crippen LogP contribution is -1.89. The van der Waals surface area contributed by atoms with Crippen LogP contribution in [0.25, 0.3) is 75.8 Å². The van der Waals surface area contributed by atoms with Crippen LogP contribution < -0.4 is 0 Å². The highest BCUT2D eigenvalue weighted by molar-refractivity contribution is 7.13. The predicted octanol–water partition coefficient (Wildman–Crippen LogP) is 11.2. The third-order valence-electron chi connectivity index (χ3n) is 7.92. The molecule has 6 aromatic carbocycles. The first kappa shape index (κ1) is 24.9. The first-order valence-corrected chi connectivity index (χ1v) is 15.6. The molecule has 0 spiro atoms. The second-order valence-corrected chi connectivity index (χ2v) is 12.1. The normalized spacial score (nSPS) is 11.3. The molecule has 198 valence electrons. The number of benzene rings is 6. The van der Waals surface area contributed by atoms with E-state index in [1.54, 1.807) is 22.7 Å². The number of fused-ring (bicyclic) bond motifs is 2. The number of aromatic nitrogens is 2. The number of hydrogen-bond acceptors (Lipinski definition) is 4. The molecule has 0 atom stereocenters. The highest BCUT2D eigenvalue weighted by atomic mass is 32.1. The van der Waals surface area contributed by atoms with Crippen molar-refractivity contribution in [2.24, 2.45) is 0 Å². The minimum atomic E-state index is 1.18. The fraction of sp³-hybridized carbons (Fsp3) is 0. The summed E-state index contributed by atoms with van der Waals surface area (Å²) in [5, 5.41) is 5.01. The summed E-state index contributed by atoms with van der Waals surface area (Å²) in [7, 11) is 0. The molecule has 4 heteroatoms. The lowest BCUT2D eigenvalue weighted by molar-refractivity contribution is 1.42. The van der Waals surface area contributed by atoms with E-state index in [0.29, 0.717) is 0 Å². The molecule has 8 aromatic rings. The van der Waals surface area contributed by atoms with Gasteiger partial charge >= 0.3 is 0 Å². The zero-order chi connectivity index (χ0) is 27.9. The molecule has 0 saturated carbocycles. The van der Waals surface area contributed by atoms with Gasteiger partial charge in [-0.15, -0.1) is 22.7 Å². The average molecular weight is 573 g/mol. The molecular formula is C38H24N2S2. The Balaban J connectivity index is 1.28. The standard InChI is InChI=1S/C38H24N2S2/c1-3-13-33-31(11-1)29(25-7-5-9-27(19-25)37-21-39-23-41-37)15-17-35(33)36-18-16-30(32-12-2-4-14-34(32)36)26-8-6-10-28(20-26)38-22-40-24-42-38/h1-24H. The van der Waals surface area contributed by atoms with Crippen LogP contribution in [0.1, 0.15) is 0 Å². The maximum atomic E-state index is 4.28. The maximum absolute atomic E-state index is 4.28. The Hall–Kier alpha value is -4.90. The molecule has 0 saturated heterocycles. The molecule has 0 aliphatic rings. The molecule has 42 heavy (non-hydrogen) atoms. The van der Waals surface area contributed by atoms with E-state index in [1.807, 2.05) is 23.4 Å². The Morgan fingerprint density at radius 2 is 0.738 bits per heavy atom. The Kier molecular flexibility index (Phi) is 6.21. The summed E-state index contributed by atoms with van der Waals surface area (Å²) < 4.78 is 0. The van der Waals surface area contributed by atoms with E-state index in [1.165, 1.54) is 75.8 Å². The van der Waals surface area contributed by atoms with Crippen LogP contribution >= 0.6 is 22.7 Å². The van der Waals surface area contributed by atoms with Gasteiger partial charge in [0.1, 0.15) is 0 Å². The van der Waals surface area contributed by atoms with Crippen LogP contribution in [-0.2, 0) is 0 Å². The molecule has 0 amide bonds. The molecule has 0 aliphatic carbocycles. The fourth-order valence-electron chi connectivity index (χ4n) is 5.97. The van der Waals surface area contributed by atoms with E-state index in [4.69, 9.17) is 0 Å². The summed E-state index contributed by atoms with van der Waals surface area (Å²) >= 11 is 3.34. The van der Waals surface area contributed by atoms with Gasteiger partial charge in [-0.3, -0.25) is 9.97 Å². The van der Waals surface area contributed by atoms with Crippen molar-refractivity contribution in [3.8, 4) is 54.3 Å². The van der Waals surface area contributed by atoms with Crippen LogP contribution in [-0.4, -0.2) is 9.97 Å². The van der Waals surface area contributed by atoms with Crippen molar-refractivity contribution >= 4 is 44.2 Å². The van der Waals surface area contributed by atoms with E-state index < -0.39 is 0 Å². The molecule has 0 N–H and O–H groups in total. The third kappa shape index (κ3) is 4.33. The summed E-state index contributed by atoms with van der Waals surface area (Å²) in [5.74, 6) is 0. The zero-order valence-corrected chi connectivity index (χ0v) is 24.2. The lowest BCUT2D eigenvalue weighted by Gasteiger charge is -2.16. The van der Waals surface area contributed by atoms with Crippen molar-refractivity contribution in [1.82, 2.24) is 9.97 Å². The number of thiazole rings is 2. The highest BCUT2D eigenvalue weighted by Crippen LogP contribution is 2.42. The van der Waals surface area contributed by atoms with Gasteiger partial charge in [-0.05, 0) is 78.2 Å². The minimum absolute atomic E-state index is 1.18. The van der Waals surface area contributed by atoms with Gasteiger partial charge in [0.15, 0.2) is 0 Å². The minimum Gasteiger partial charge on any atom is -0.252 e. The summed E-state index contributed by atoms with van der Waals surface area (Å²) in [4.78, 5) is 10.9. The molecule has 2 aromatic heterocycles. The Bertz CT molecular complexity index is 2040. The first-order chi connectivity index (χ1) is 20.8. The fourth-order valence-corrected chi connectivity index (χ4v) is 7.21. The molecule has 0 fully saturated rings. The first-order valence-electron chi connectivity index (χ1n) is 13.9. The molecule has 0 radical (unpaired) electrons. The van der Waals surface area contributed by atoms with Crippen LogP contribution in [0, 0.1) is 0 Å². The topological polar surface area (TPSA) is 25.8 Å². The van der Waals surface area contributed by atoms with E-state index in [9.17, 15) is 0 Å². The SMILES string of the molecule is c1cc(-c2cncs2)cc(-c2ccc(-c3ccc(-c4cccc(-c5cncs5)c4)c4ccccc34)c3ccccc23)c1. The molecule has 0 unspecified atom stereocenters. The number of rotatable bonds is 5. The summed E-state index contributed by atoms with van der Waals surface area (Å²) in [5.41, 5.74) is 13.6. The van der Waals surface area contributed by atoms with Crippen LogP contribution in [0.2, 0.25) is 0 Å². The van der Waals surface area contributed by atoms with Crippen molar-refractivity contribution in [1.29, 1.82) is 0 Å². The molecular weight excluding hydrogens is 549 g/mol. The molecule has 0 bridgehead atoms. The quantitative estimate of drug-likeness (QED) is 0.205. The van der Waals surface area contributed by atoms with Crippen LogP contribution in [0.15, 0.2) is 145 Å². The Morgan fingerprint density at radius 3 is 1.14 bits per heavy atom. The average Bonchev–Trinajstić information content (AvgIpc) is 3.80. The van der Waals surface area contributed by atoms with Crippen LogP contribution in [0.5, 0.6) is 0 Å². The van der Waals surface area contributed by atoms with Crippen molar-refractivity contribution < 1.29 is 0 Å². The van der Waals surface area contributed by atoms with Gasteiger partial charge in [-0.2, -0.15) is 0 Å². The number of hydrogen-bond donors (Lipinski definition) is 0. The van der Waals surface area contributed by atoms with E-state index in [-0.39, 0.29) is 0 Å². The maximum Gasteiger partial charge on any atom is 0.0797 e. The summed E-state index contributed by atoms with van der Waals surface area (Å²) in [6.07, 6.45) is 3.88. The van der Waals surface area contributed by atoms with Crippen molar-refractivity contribution in [2.75, 3.05) is 0 Å². The Morgan fingerprint density at radius 1 is 0.357 bits per heavy atom. The lowest BCUT2D eigenvalue weighted by atomic mass is 9.87. The van der Waals surface area contributed by atoms with Gasteiger partial charge in [-0.1, -0.05) is 109 Å². The molecule has 0 aliphatic heterocycles. The van der Waals surface area contributed by atoms with Crippen molar-refractivity contribution in [2.45, 2.75) is 0 Å². The van der Waals surface area contributed by atoms with Gasteiger partial charge in [0.25, 0.3) is 0 Å². The smallest absolute Gasteiger partial charge is 0.0797 e. The van der Waals surface area contributed by atoms with E-state index in [0.717, 1.165) is 0 Å². The van der Waals surface area contributed by atoms with Crippen LogP contribution in [0.3, 0.4) is 0 Å². The monoisotopic (exact) mass is 572 g/mol. The second-order valence-electron chi connectivity index (χ2n) is 10.3. The highest BCUT2D eigenvalue weighted by Gasteiger charge is 2.15. The third-order valence-corrected chi connectivity index (χ3v) is 9.56. The summed E-state index contributed by atoms with van der Waals surface area (Å²) in [6.45, 7) is 0. The van der Waals surface area contributed by atoms with Gasteiger partial charge in [0.2, 0.25) is 0 Å².